The second-order valence-electron chi connectivity index (χ2n) is 8.41. The van der Waals surface area contributed by atoms with Gasteiger partial charge in [-0.15, -0.1) is 0 Å². The van der Waals surface area contributed by atoms with E-state index in [4.69, 9.17) is 4.74 Å². The second kappa shape index (κ2) is 7.96. The van der Waals surface area contributed by atoms with Crippen LogP contribution in [0.3, 0.4) is 0 Å². The van der Waals surface area contributed by atoms with E-state index in [1.165, 1.54) is 9.13 Å². The van der Waals surface area contributed by atoms with E-state index in [0.717, 1.165) is 20.9 Å². The number of imide groups is 1. The summed E-state index contributed by atoms with van der Waals surface area (Å²) in [4.78, 5) is 39.3. The summed E-state index contributed by atoms with van der Waals surface area (Å²) in [6, 6.07) is 5.77. The molecule has 0 radical (unpaired) electrons. The molecule has 1 saturated heterocycles. The smallest absolute Gasteiger partial charge is 0.329 e. The van der Waals surface area contributed by atoms with Gasteiger partial charge in [0.2, 0.25) is 5.91 Å². The van der Waals surface area contributed by atoms with Crippen molar-refractivity contribution in [2.24, 2.45) is 7.05 Å². The largest absolute Gasteiger partial charge is 0.361 e. The Morgan fingerprint density at radius 2 is 1.89 bits per heavy atom. The summed E-state index contributed by atoms with van der Waals surface area (Å²) in [7, 11) is 0.434. The van der Waals surface area contributed by atoms with Crippen molar-refractivity contribution < 1.29 is 14.3 Å². The third-order valence-electron chi connectivity index (χ3n) is 5.06. The van der Waals surface area contributed by atoms with Gasteiger partial charge in [0.15, 0.2) is 0 Å². The van der Waals surface area contributed by atoms with Gasteiger partial charge in [-0.1, -0.05) is 35.6 Å². The van der Waals surface area contributed by atoms with E-state index in [2.05, 4.69) is 35.6 Å². The molecule has 0 spiro atoms. The van der Waals surface area contributed by atoms with Crippen LogP contribution in [0.25, 0.3) is 11.0 Å². The highest BCUT2D eigenvalue weighted by molar-refractivity contribution is 9.10. The maximum atomic E-state index is 13.1. The number of aromatic nitrogens is 2. The van der Waals surface area contributed by atoms with Crippen molar-refractivity contribution in [2.45, 2.75) is 44.6 Å². The zero-order valence-electron chi connectivity index (χ0n) is 16.7. The third-order valence-corrected chi connectivity index (χ3v) is 7.26. The van der Waals surface area contributed by atoms with Gasteiger partial charge in [-0.05, 0) is 30.7 Å². The van der Waals surface area contributed by atoms with E-state index < -0.39 is 14.1 Å². The summed E-state index contributed by atoms with van der Waals surface area (Å²) in [5, 5.41) is 0. The lowest BCUT2D eigenvalue weighted by molar-refractivity contribution is -0.157. The van der Waals surface area contributed by atoms with E-state index in [-0.39, 0.29) is 30.7 Å². The Kier molecular flexibility index (Phi) is 5.97. The molecule has 28 heavy (non-hydrogen) atoms. The highest BCUT2D eigenvalue weighted by Crippen LogP contribution is 2.28. The second-order valence-corrected chi connectivity index (χ2v) is 14.9. The number of carbonyl (C=O) groups excluding carboxylic acids is 2. The molecular formula is C19H26BrN3O4Si. The number of amides is 2. The van der Waals surface area contributed by atoms with Crippen molar-refractivity contribution in [3.05, 3.63) is 33.2 Å². The summed E-state index contributed by atoms with van der Waals surface area (Å²) in [6.07, 6.45) is 0.533. The van der Waals surface area contributed by atoms with Crippen LogP contribution in [-0.2, 0) is 21.4 Å². The van der Waals surface area contributed by atoms with Gasteiger partial charge < -0.3 is 4.74 Å². The van der Waals surface area contributed by atoms with E-state index in [9.17, 15) is 14.4 Å². The van der Waals surface area contributed by atoms with Gasteiger partial charge in [-0.3, -0.25) is 23.6 Å². The number of carbonyl (C=O) groups is 2. The molecule has 7 nitrogen and oxygen atoms in total. The van der Waals surface area contributed by atoms with Crippen molar-refractivity contribution in [3.8, 4) is 0 Å². The maximum Gasteiger partial charge on any atom is 0.329 e. The molecule has 1 aromatic carbocycles. The summed E-state index contributed by atoms with van der Waals surface area (Å²) in [5.74, 6) is -0.618. The number of aryl methyl sites for hydroxylation is 1. The number of hydrogen-bond acceptors (Lipinski definition) is 4. The Bertz CT molecular complexity index is 976. The molecule has 3 rings (SSSR count). The van der Waals surface area contributed by atoms with Crippen molar-refractivity contribution in [2.75, 3.05) is 13.3 Å². The molecule has 9 heteroatoms. The molecule has 1 fully saturated rings. The maximum absolute atomic E-state index is 13.1. The SMILES string of the molecule is Cn1c(=O)n([C@@H]2CCC(=O)N(COCC[Si](C)(C)C)C2=O)c2ccc(Br)cc21. The Labute approximate surface area is 173 Å². The first kappa shape index (κ1) is 21.0. The first-order valence-corrected chi connectivity index (χ1v) is 13.9. The number of halogens is 1. The number of ether oxygens (including phenoxy) is 1. The van der Waals surface area contributed by atoms with Crippen LogP contribution >= 0.6 is 15.9 Å². The number of likely N-dealkylation sites (tertiary alicyclic amines) is 1. The number of imidazole rings is 1. The van der Waals surface area contributed by atoms with Crippen molar-refractivity contribution >= 4 is 46.9 Å². The lowest BCUT2D eigenvalue weighted by Crippen LogP contribution is -2.48. The molecule has 0 bridgehead atoms. The zero-order chi connectivity index (χ0) is 20.6. The summed E-state index contributed by atoms with van der Waals surface area (Å²) < 4.78 is 9.52. The minimum atomic E-state index is -1.25. The molecule has 152 valence electrons. The molecule has 1 aromatic heterocycles. The fraction of sp³-hybridized carbons (Fsp3) is 0.526. The van der Waals surface area contributed by atoms with Gasteiger partial charge in [0.1, 0.15) is 12.8 Å². The van der Waals surface area contributed by atoms with Gasteiger partial charge in [0.25, 0.3) is 5.91 Å². The van der Waals surface area contributed by atoms with Crippen LogP contribution in [0.2, 0.25) is 25.7 Å². The van der Waals surface area contributed by atoms with Gasteiger partial charge in [-0.25, -0.2) is 4.79 Å². The third kappa shape index (κ3) is 4.16. The molecule has 2 heterocycles. The molecule has 1 atom stereocenters. The van der Waals surface area contributed by atoms with Crippen LogP contribution < -0.4 is 5.69 Å². The minimum absolute atomic E-state index is 0.0519. The van der Waals surface area contributed by atoms with Crippen molar-refractivity contribution in [3.63, 3.8) is 0 Å². The average molecular weight is 468 g/mol. The first-order valence-electron chi connectivity index (χ1n) is 9.38. The number of piperidine rings is 1. The predicted molar refractivity (Wildman–Crippen MR) is 114 cm³/mol. The van der Waals surface area contributed by atoms with Crippen LogP contribution in [-0.4, -0.2) is 47.3 Å². The van der Waals surface area contributed by atoms with Crippen LogP contribution in [0.5, 0.6) is 0 Å². The first-order chi connectivity index (χ1) is 13.1. The Balaban J connectivity index is 1.85. The molecule has 2 amide bonds. The molecule has 0 saturated carbocycles. The quantitative estimate of drug-likeness (QED) is 0.371. The van der Waals surface area contributed by atoms with E-state index in [1.54, 1.807) is 7.05 Å². The van der Waals surface area contributed by atoms with Gasteiger partial charge in [-0.2, -0.15) is 0 Å². The molecule has 0 N–H and O–H groups in total. The highest BCUT2D eigenvalue weighted by Gasteiger charge is 2.37. The van der Waals surface area contributed by atoms with E-state index >= 15 is 0 Å². The number of hydrogen-bond donors (Lipinski definition) is 0. The number of rotatable bonds is 6. The standard InChI is InChI=1S/C19H26BrN3O4Si/c1-21-16-11-13(20)5-6-14(16)23(19(21)26)15-7-8-17(24)22(18(15)25)12-27-9-10-28(2,3)4/h5-6,11,15H,7-10,12H2,1-4H3/t15-/m1/s1. The van der Waals surface area contributed by atoms with Crippen molar-refractivity contribution in [1.29, 1.82) is 0 Å². The monoisotopic (exact) mass is 467 g/mol. The lowest BCUT2D eigenvalue weighted by Gasteiger charge is -2.31. The summed E-state index contributed by atoms with van der Waals surface area (Å²) >= 11 is 3.42. The number of nitrogens with zero attached hydrogens (tertiary/aromatic N) is 3. The molecule has 0 aliphatic carbocycles. The normalized spacial score (nSPS) is 18.3. The Morgan fingerprint density at radius 1 is 1.18 bits per heavy atom. The average Bonchev–Trinajstić information content (AvgIpc) is 2.85. The van der Waals surface area contributed by atoms with Crippen molar-refractivity contribution in [1.82, 2.24) is 14.0 Å². The summed E-state index contributed by atoms with van der Waals surface area (Å²) in [5.41, 5.74) is 1.16. The fourth-order valence-electron chi connectivity index (χ4n) is 3.37. The van der Waals surface area contributed by atoms with E-state index in [0.29, 0.717) is 18.5 Å². The molecular weight excluding hydrogens is 442 g/mol. The molecule has 2 aromatic rings. The zero-order valence-corrected chi connectivity index (χ0v) is 19.3. The van der Waals surface area contributed by atoms with Gasteiger partial charge in [0.05, 0.1) is 11.0 Å². The lowest BCUT2D eigenvalue weighted by atomic mass is 10.0. The van der Waals surface area contributed by atoms with Crippen LogP contribution in [0.4, 0.5) is 0 Å². The summed E-state index contributed by atoms with van der Waals surface area (Å²) in [6.45, 7) is 7.21. The number of fused-ring (bicyclic) bond motifs is 1. The fourth-order valence-corrected chi connectivity index (χ4v) is 4.47. The van der Waals surface area contributed by atoms with Gasteiger partial charge in [0, 0.05) is 32.6 Å². The molecule has 1 aliphatic heterocycles. The van der Waals surface area contributed by atoms with Crippen LogP contribution in [0.1, 0.15) is 18.9 Å². The predicted octanol–water partition coefficient (Wildman–Crippen LogP) is 3.10. The Morgan fingerprint density at radius 3 is 2.57 bits per heavy atom. The minimum Gasteiger partial charge on any atom is -0.361 e. The van der Waals surface area contributed by atoms with Crippen LogP contribution in [0, 0.1) is 0 Å². The topological polar surface area (TPSA) is 73.5 Å². The van der Waals surface area contributed by atoms with Gasteiger partial charge >= 0.3 is 5.69 Å². The molecule has 0 unspecified atom stereocenters. The van der Waals surface area contributed by atoms with E-state index in [1.807, 2.05) is 18.2 Å². The number of benzene rings is 1. The molecule has 1 aliphatic rings. The highest BCUT2D eigenvalue weighted by atomic mass is 79.9. The Hall–Kier alpha value is -1.71. The van der Waals surface area contributed by atoms with Crippen LogP contribution in [0.15, 0.2) is 27.5 Å².